The average molecular weight is 477 g/mol. The number of nitrogens with one attached hydrogen (secondary N) is 1. The van der Waals surface area contributed by atoms with Gasteiger partial charge in [-0.2, -0.15) is 0 Å². The Bertz CT molecular complexity index is 1300. The van der Waals surface area contributed by atoms with Gasteiger partial charge >= 0.3 is 5.97 Å². The minimum Gasteiger partial charge on any atom is -0.493 e. The predicted molar refractivity (Wildman–Crippen MR) is 135 cm³/mol. The van der Waals surface area contributed by atoms with Gasteiger partial charge in [0, 0.05) is 10.9 Å². The van der Waals surface area contributed by atoms with Crippen LogP contribution in [0.15, 0.2) is 64.5 Å². The van der Waals surface area contributed by atoms with Crippen molar-refractivity contribution in [3.05, 3.63) is 70.6 Å². The van der Waals surface area contributed by atoms with Gasteiger partial charge in [0.25, 0.3) is 5.91 Å². The van der Waals surface area contributed by atoms with E-state index in [-0.39, 0.29) is 12.3 Å². The Balaban J connectivity index is 1.62. The molecule has 3 aromatic rings. The van der Waals surface area contributed by atoms with E-state index in [2.05, 4.69) is 10.3 Å². The van der Waals surface area contributed by atoms with Crippen LogP contribution in [0.2, 0.25) is 0 Å². The Labute approximate surface area is 201 Å². The molecule has 1 saturated heterocycles. The lowest BCUT2D eigenvalue weighted by molar-refractivity contribution is -0.136. The Hall–Kier alpha value is -3.78. The standard InChI is InChI=1S/C26H24N2O5S/c1-3-32-21-7-5-6-17-13-18(22(33-4-2)15-20(17)21)14-23-25(31)28-26(34-23)27-19-10-8-16(9-11-19)12-24(29)30/h5-11,13-15H,3-4,12H2,1-2H3,(H,29,30)(H,27,28,31). The van der Waals surface area contributed by atoms with Crippen molar-refractivity contribution in [1.29, 1.82) is 0 Å². The summed E-state index contributed by atoms with van der Waals surface area (Å²) in [5.41, 5.74) is 2.11. The van der Waals surface area contributed by atoms with Crippen LogP contribution in [-0.2, 0) is 16.0 Å². The van der Waals surface area contributed by atoms with E-state index in [1.165, 1.54) is 11.8 Å². The lowest BCUT2D eigenvalue weighted by Gasteiger charge is -2.12. The minimum atomic E-state index is -0.887. The second-order valence-corrected chi connectivity index (χ2v) is 8.48. The normalized spacial score (nSPS) is 15.6. The number of amidine groups is 1. The lowest BCUT2D eigenvalue weighted by Crippen LogP contribution is -2.19. The van der Waals surface area contributed by atoms with Crippen molar-refractivity contribution >= 4 is 51.3 Å². The van der Waals surface area contributed by atoms with Crippen LogP contribution in [0, 0.1) is 0 Å². The van der Waals surface area contributed by atoms with Crippen molar-refractivity contribution in [3.63, 3.8) is 0 Å². The Morgan fingerprint density at radius 2 is 1.79 bits per heavy atom. The van der Waals surface area contributed by atoms with E-state index in [4.69, 9.17) is 14.6 Å². The molecule has 0 bridgehead atoms. The number of hydrogen-bond donors (Lipinski definition) is 2. The number of carboxylic acids is 1. The van der Waals surface area contributed by atoms with Gasteiger partial charge in [0.15, 0.2) is 5.17 Å². The van der Waals surface area contributed by atoms with Gasteiger partial charge in [0.05, 0.1) is 30.2 Å². The fourth-order valence-electron chi connectivity index (χ4n) is 3.57. The maximum atomic E-state index is 12.6. The van der Waals surface area contributed by atoms with Crippen LogP contribution >= 0.6 is 11.8 Å². The van der Waals surface area contributed by atoms with E-state index >= 15 is 0 Å². The van der Waals surface area contributed by atoms with Gasteiger partial charge in [-0.3, -0.25) is 9.59 Å². The fraction of sp³-hybridized carbons (Fsp3) is 0.192. The number of carboxylic acid groups (broad SMARTS) is 1. The maximum absolute atomic E-state index is 12.6. The summed E-state index contributed by atoms with van der Waals surface area (Å²) in [4.78, 5) is 28.4. The second kappa shape index (κ2) is 10.4. The number of aliphatic carboxylic acids is 1. The number of benzene rings is 3. The van der Waals surface area contributed by atoms with Crippen molar-refractivity contribution in [1.82, 2.24) is 5.32 Å². The zero-order chi connectivity index (χ0) is 24.1. The van der Waals surface area contributed by atoms with Crippen molar-refractivity contribution in [2.24, 2.45) is 4.99 Å². The molecule has 1 aliphatic heterocycles. The first kappa shape index (κ1) is 23.4. The third-order valence-corrected chi connectivity index (χ3v) is 5.94. The quantitative estimate of drug-likeness (QED) is 0.436. The number of thioether (sulfide) groups is 1. The summed E-state index contributed by atoms with van der Waals surface area (Å²) in [6.45, 7) is 4.91. The summed E-state index contributed by atoms with van der Waals surface area (Å²) in [5.74, 6) is 0.331. The van der Waals surface area contributed by atoms with E-state index in [0.29, 0.717) is 40.3 Å². The molecular weight excluding hydrogens is 452 g/mol. The number of nitrogens with zero attached hydrogens (tertiary/aromatic N) is 1. The summed E-state index contributed by atoms with van der Waals surface area (Å²) in [7, 11) is 0. The second-order valence-electron chi connectivity index (χ2n) is 7.45. The van der Waals surface area contributed by atoms with E-state index in [1.54, 1.807) is 30.3 Å². The Morgan fingerprint density at radius 1 is 1.06 bits per heavy atom. The molecule has 4 rings (SSSR count). The molecule has 0 atom stereocenters. The van der Waals surface area contributed by atoms with E-state index in [0.717, 1.165) is 22.1 Å². The largest absolute Gasteiger partial charge is 0.493 e. The van der Waals surface area contributed by atoms with Gasteiger partial charge in [-0.05, 0) is 73.0 Å². The number of hydrogen-bond acceptors (Lipinski definition) is 6. The molecule has 0 aromatic heterocycles. The molecule has 0 spiro atoms. The molecular formula is C26H24N2O5S. The zero-order valence-corrected chi connectivity index (χ0v) is 19.6. The van der Waals surface area contributed by atoms with Crippen LogP contribution in [0.3, 0.4) is 0 Å². The van der Waals surface area contributed by atoms with E-state index in [1.807, 2.05) is 44.2 Å². The van der Waals surface area contributed by atoms with Gasteiger partial charge in [0.2, 0.25) is 0 Å². The van der Waals surface area contributed by atoms with Crippen molar-refractivity contribution in [3.8, 4) is 11.5 Å². The molecule has 1 heterocycles. The van der Waals surface area contributed by atoms with Crippen LogP contribution in [0.1, 0.15) is 25.0 Å². The highest BCUT2D eigenvalue weighted by Gasteiger charge is 2.24. The molecule has 0 aliphatic carbocycles. The van der Waals surface area contributed by atoms with E-state index in [9.17, 15) is 9.59 Å². The molecule has 174 valence electrons. The Kier molecular flexibility index (Phi) is 7.18. The SMILES string of the molecule is CCOc1cc2c(OCC)cccc2cc1C=C1SC(=Nc2ccc(CC(=O)O)cc2)NC1=O. The molecule has 8 heteroatoms. The summed E-state index contributed by atoms with van der Waals surface area (Å²) >= 11 is 1.24. The number of fused-ring (bicyclic) bond motifs is 1. The average Bonchev–Trinajstić information content (AvgIpc) is 3.14. The molecule has 0 saturated carbocycles. The number of ether oxygens (including phenoxy) is 2. The molecule has 1 amide bonds. The molecule has 7 nitrogen and oxygen atoms in total. The predicted octanol–water partition coefficient (Wildman–Crippen LogP) is 5.16. The summed E-state index contributed by atoms with van der Waals surface area (Å²) in [5, 5.41) is 14.1. The Morgan fingerprint density at radius 3 is 2.50 bits per heavy atom. The number of rotatable bonds is 8. The van der Waals surface area contributed by atoms with E-state index < -0.39 is 5.97 Å². The van der Waals surface area contributed by atoms with Gasteiger partial charge in [0.1, 0.15) is 11.5 Å². The van der Waals surface area contributed by atoms with Crippen molar-refractivity contribution in [2.75, 3.05) is 13.2 Å². The van der Waals surface area contributed by atoms with Crippen molar-refractivity contribution in [2.45, 2.75) is 20.3 Å². The number of carbonyl (C=O) groups excluding carboxylic acids is 1. The van der Waals surface area contributed by atoms with Crippen LogP contribution in [0.5, 0.6) is 11.5 Å². The monoisotopic (exact) mass is 476 g/mol. The number of amides is 1. The van der Waals surface area contributed by atoms with Gasteiger partial charge in [-0.15, -0.1) is 0 Å². The highest BCUT2D eigenvalue weighted by atomic mass is 32.2. The third kappa shape index (κ3) is 5.40. The van der Waals surface area contributed by atoms with Gasteiger partial charge < -0.3 is 19.9 Å². The number of aliphatic imine (C=N–C) groups is 1. The molecule has 1 fully saturated rings. The fourth-order valence-corrected chi connectivity index (χ4v) is 4.40. The highest BCUT2D eigenvalue weighted by Crippen LogP contribution is 2.36. The first-order valence-electron chi connectivity index (χ1n) is 10.9. The topological polar surface area (TPSA) is 97.2 Å². The summed E-state index contributed by atoms with van der Waals surface area (Å²) in [6.07, 6.45) is 1.76. The first-order chi connectivity index (χ1) is 16.5. The van der Waals surface area contributed by atoms with Crippen molar-refractivity contribution < 1.29 is 24.2 Å². The van der Waals surface area contributed by atoms with Crippen LogP contribution in [0.25, 0.3) is 16.8 Å². The molecule has 34 heavy (non-hydrogen) atoms. The maximum Gasteiger partial charge on any atom is 0.307 e. The highest BCUT2D eigenvalue weighted by molar-refractivity contribution is 8.18. The third-order valence-electron chi connectivity index (χ3n) is 5.03. The number of carbonyl (C=O) groups is 2. The molecule has 1 aliphatic rings. The molecule has 0 unspecified atom stereocenters. The smallest absolute Gasteiger partial charge is 0.307 e. The summed E-state index contributed by atoms with van der Waals surface area (Å²) < 4.78 is 11.6. The van der Waals surface area contributed by atoms with Crippen LogP contribution < -0.4 is 14.8 Å². The van der Waals surface area contributed by atoms with Crippen LogP contribution in [0.4, 0.5) is 5.69 Å². The molecule has 0 radical (unpaired) electrons. The van der Waals surface area contributed by atoms with Gasteiger partial charge in [-0.1, -0.05) is 24.3 Å². The minimum absolute atomic E-state index is 0.0464. The molecule has 3 aromatic carbocycles. The first-order valence-corrected chi connectivity index (χ1v) is 11.7. The molecule has 2 N–H and O–H groups in total. The summed E-state index contributed by atoms with van der Waals surface area (Å²) in [6, 6.07) is 16.7. The van der Waals surface area contributed by atoms with Crippen LogP contribution in [-0.4, -0.2) is 35.4 Å². The van der Waals surface area contributed by atoms with Gasteiger partial charge in [-0.25, -0.2) is 4.99 Å². The zero-order valence-electron chi connectivity index (χ0n) is 18.8. The lowest BCUT2D eigenvalue weighted by atomic mass is 10.0.